The highest BCUT2D eigenvalue weighted by Crippen LogP contribution is 2.16. The van der Waals surface area contributed by atoms with Crippen molar-refractivity contribution in [2.24, 2.45) is 0 Å². The van der Waals surface area contributed by atoms with E-state index in [-0.39, 0.29) is 11.9 Å². The molecule has 5 heteroatoms. The number of thioether (sulfide) groups is 1. The van der Waals surface area contributed by atoms with Gasteiger partial charge in [-0.3, -0.25) is 9.78 Å². The van der Waals surface area contributed by atoms with Crippen molar-refractivity contribution < 1.29 is 4.79 Å². The standard InChI is InChI=1S/C16H19N3OS/c20-16(14-11-21-10-9-17-14)19-8-6-13-4-1-3-12-5-2-7-18-15(12)13/h1-5,7,14,17H,6,8-11H2,(H,19,20). The summed E-state index contributed by atoms with van der Waals surface area (Å²) < 4.78 is 0. The van der Waals surface area contributed by atoms with Crippen LogP contribution in [0.1, 0.15) is 5.56 Å². The zero-order valence-corrected chi connectivity index (χ0v) is 12.7. The summed E-state index contributed by atoms with van der Waals surface area (Å²) in [6.45, 7) is 1.56. The third-order valence-electron chi connectivity index (χ3n) is 3.65. The van der Waals surface area contributed by atoms with Gasteiger partial charge in [0.1, 0.15) is 0 Å². The van der Waals surface area contributed by atoms with E-state index in [9.17, 15) is 4.79 Å². The van der Waals surface area contributed by atoms with Crippen molar-refractivity contribution in [2.45, 2.75) is 12.5 Å². The number of carbonyl (C=O) groups excluding carboxylic acids is 1. The van der Waals surface area contributed by atoms with E-state index in [1.807, 2.05) is 30.1 Å². The number of fused-ring (bicyclic) bond motifs is 1. The first-order chi connectivity index (χ1) is 10.3. The van der Waals surface area contributed by atoms with E-state index < -0.39 is 0 Å². The normalized spacial score (nSPS) is 18.6. The lowest BCUT2D eigenvalue weighted by atomic mass is 10.1. The summed E-state index contributed by atoms with van der Waals surface area (Å²) in [6.07, 6.45) is 2.62. The Labute approximate surface area is 128 Å². The molecule has 0 saturated carbocycles. The molecule has 4 nitrogen and oxygen atoms in total. The topological polar surface area (TPSA) is 54.0 Å². The zero-order valence-electron chi connectivity index (χ0n) is 11.8. The minimum absolute atomic E-state index is 0.0469. The van der Waals surface area contributed by atoms with Gasteiger partial charge in [0.2, 0.25) is 5.91 Å². The predicted molar refractivity (Wildman–Crippen MR) is 87.6 cm³/mol. The smallest absolute Gasteiger partial charge is 0.238 e. The average molecular weight is 301 g/mol. The van der Waals surface area contributed by atoms with Gasteiger partial charge in [0.15, 0.2) is 0 Å². The Morgan fingerprint density at radius 1 is 1.38 bits per heavy atom. The summed E-state index contributed by atoms with van der Waals surface area (Å²) >= 11 is 1.83. The highest BCUT2D eigenvalue weighted by molar-refractivity contribution is 7.99. The first-order valence-electron chi connectivity index (χ1n) is 7.26. The Hall–Kier alpha value is -1.59. The van der Waals surface area contributed by atoms with Gasteiger partial charge in [-0.1, -0.05) is 24.3 Å². The van der Waals surface area contributed by atoms with Crippen LogP contribution in [0.4, 0.5) is 0 Å². The number of para-hydroxylation sites is 1. The fraction of sp³-hybridized carbons (Fsp3) is 0.375. The summed E-state index contributed by atoms with van der Waals surface area (Å²) in [4.78, 5) is 16.5. The number of nitrogens with one attached hydrogen (secondary N) is 2. The van der Waals surface area contributed by atoms with E-state index in [1.165, 1.54) is 5.56 Å². The molecule has 1 aromatic carbocycles. The molecule has 0 aliphatic carbocycles. The molecule has 1 fully saturated rings. The van der Waals surface area contributed by atoms with Crippen LogP contribution < -0.4 is 10.6 Å². The molecule has 1 aliphatic heterocycles. The van der Waals surface area contributed by atoms with Crippen LogP contribution >= 0.6 is 11.8 Å². The van der Waals surface area contributed by atoms with E-state index in [0.717, 1.165) is 35.4 Å². The molecular weight excluding hydrogens is 282 g/mol. The van der Waals surface area contributed by atoms with Crippen LogP contribution in [0.5, 0.6) is 0 Å². The number of benzene rings is 1. The lowest BCUT2D eigenvalue weighted by Crippen LogP contribution is -2.49. The molecule has 1 atom stereocenters. The van der Waals surface area contributed by atoms with Crippen molar-refractivity contribution in [2.75, 3.05) is 24.6 Å². The zero-order chi connectivity index (χ0) is 14.5. The van der Waals surface area contributed by atoms with Gasteiger partial charge in [-0.25, -0.2) is 0 Å². The highest BCUT2D eigenvalue weighted by atomic mass is 32.2. The van der Waals surface area contributed by atoms with Gasteiger partial charge in [0, 0.05) is 36.2 Å². The third-order valence-corrected chi connectivity index (χ3v) is 4.71. The van der Waals surface area contributed by atoms with Crippen molar-refractivity contribution >= 4 is 28.6 Å². The summed E-state index contributed by atoms with van der Waals surface area (Å²) in [7, 11) is 0. The van der Waals surface area contributed by atoms with Crippen molar-refractivity contribution in [3.05, 3.63) is 42.1 Å². The molecule has 2 N–H and O–H groups in total. The minimum Gasteiger partial charge on any atom is -0.354 e. The SMILES string of the molecule is O=C(NCCc1cccc2cccnc12)C1CSCCN1. The number of hydrogen-bond donors (Lipinski definition) is 2. The second kappa shape index (κ2) is 6.91. The molecule has 3 rings (SSSR count). The Morgan fingerprint density at radius 2 is 2.29 bits per heavy atom. The lowest BCUT2D eigenvalue weighted by molar-refractivity contribution is -0.122. The van der Waals surface area contributed by atoms with Crippen LogP contribution in [-0.2, 0) is 11.2 Å². The van der Waals surface area contributed by atoms with Crippen molar-refractivity contribution in [3.63, 3.8) is 0 Å². The number of aromatic nitrogens is 1. The van der Waals surface area contributed by atoms with Gasteiger partial charge >= 0.3 is 0 Å². The molecule has 1 aromatic heterocycles. The quantitative estimate of drug-likeness (QED) is 0.900. The number of pyridine rings is 1. The fourth-order valence-electron chi connectivity index (χ4n) is 2.55. The molecule has 0 spiro atoms. The van der Waals surface area contributed by atoms with Crippen LogP contribution in [0.3, 0.4) is 0 Å². The Morgan fingerprint density at radius 3 is 3.14 bits per heavy atom. The number of hydrogen-bond acceptors (Lipinski definition) is 4. The van der Waals surface area contributed by atoms with Gasteiger partial charge < -0.3 is 10.6 Å². The molecule has 0 radical (unpaired) electrons. The molecular formula is C16H19N3OS. The van der Waals surface area contributed by atoms with Crippen LogP contribution in [0, 0.1) is 0 Å². The van der Waals surface area contributed by atoms with Gasteiger partial charge in [0.05, 0.1) is 11.6 Å². The van der Waals surface area contributed by atoms with Crippen LogP contribution in [0.25, 0.3) is 10.9 Å². The second-order valence-electron chi connectivity index (χ2n) is 5.11. The first kappa shape index (κ1) is 14.4. The first-order valence-corrected chi connectivity index (χ1v) is 8.41. The van der Waals surface area contributed by atoms with Gasteiger partial charge in [-0.05, 0) is 18.1 Å². The fourth-order valence-corrected chi connectivity index (χ4v) is 3.48. The highest BCUT2D eigenvalue weighted by Gasteiger charge is 2.20. The van der Waals surface area contributed by atoms with E-state index in [2.05, 4.69) is 33.8 Å². The number of rotatable bonds is 4. The summed E-state index contributed by atoms with van der Waals surface area (Å²) in [6, 6.07) is 10.1. The van der Waals surface area contributed by atoms with E-state index in [1.54, 1.807) is 0 Å². The molecule has 21 heavy (non-hydrogen) atoms. The molecule has 1 aliphatic rings. The van der Waals surface area contributed by atoms with Crippen molar-refractivity contribution in [1.82, 2.24) is 15.6 Å². The molecule has 1 unspecified atom stereocenters. The van der Waals surface area contributed by atoms with Crippen molar-refractivity contribution in [3.8, 4) is 0 Å². The molecule has 2 aromatic rings. The Bertz CT molecular complexity index is 620. The number of amides is 1. The maximum Gasteiger partial charge on any atom is 0.238 e. The molecule has 2 heterocycles. The lowest BCUT2D eigenvalue weighted by Gasteiger charge is -2.22. The Kier molecular flexibility index (Phi) is 4.72. The van der Waals surface area contributed by atoms with Crippen LogP contribution in [-0.4, -0.2) is 41.5 Å². The second-order valence-corrected chi connectivity index (χ2v) is 6.26. The molecule has 1 amide bonds. The largest absolute Gasteiger partial charge is 0.354 e. The van der Waals surface area contributed by atoms with E-state index in [4.69, 9.17) is 0 Å². The van der Waals surface area contributed by atoms with E-state index in [0.29, 0.717) is 6.54 Å². The molecule has 1 saturated heterocycles. The predicted octanol–water partition coefficient (Wildman–Crippen LogP) is 1.60. The van der Waals surface area contributed by atoms with Crippen molar-refractivity contribution in [1.29, 1.82) is 0 Å². The third kappa shape index (κ3) is 3.54. The van der Waals surface area contributed by atoms with Gasteiger partial charge in [-0.2, -0.15) is 11.8 Å². The van der Waals surface area contributed by atoms with Crippen LogP contribution in [0.15, 0.2) is 36.5 Å². The summed E-state index contributed by atoms with van der Waals surface area (Å²) in [5.74, 6) is 2.06. The van der Waals surface area contributed by atoms with Gasteiger partial charge in [-0.15, -0.1) is 0 Å². The maximum atomic E-state index is 12.0. The van der Waals surface area contributed by atoms with Crippen LogP contribution in [0.2, 0.25) is 0 Å². The number of nitrogens with zero attached hydrogens (tertiary/aromatic N) is 1. The Balaban J connectivity index is 1.58. The number of carbonyl (C=O) groups is 1. The molecule has 110 valence electrons. The van der Waals surface area contributed by atoms with Gasteiger partial charge in [0.25, 0.3) is 0 Å². The minimum atomic E-state index is -0.0469. The average Bonchev–Trinajstić information content (AvgIpc) is 2.56. The molecule has 0 bridgehead atoms. The summed E-state index contributed by atoms with van der Waals surface area (Å²) in [5, 5.41) is 7.42. The summed E-state index contributed by atoms with van der Waals surface area (Å²) in [5.41, 5.74) is 2.21. The maximum absolute atomic E-state index is 12.0. The monoisotopic (exact) mass is 301 g/mol. The van der Waals surface area contributed by atoms with E-state index >= 15 is 0 Å².